The second-order valence-electron chi connectivity index (χ2n) is 9.12. The summed E-state index contributed by atoms with van der Waals surface area (Å²) >= 11 is 0. The monoisotopic (exact) mass is 431 g/mol. The number of carbonyl (C=O) groups excluding carboxylic acids is 4. The lowest BCUT2D eigenvalue weighted by Gasteiger charge is -2.42. The third kappa shape index (κ3) is 2.78. The van der Waals surface area contributed by atoms with E-state index in [2.05, 4.69) is 0 Å². The van der Waals surface area contributed by atoms with Crippen LogP contribution in [0.5, 0.6) is 5.75 Å². The molecule has 1 fully saturated rings. The maximum absolute atomic E-state index is 13.3. The van der Waals surface area contributed by atoms with Gasteiger partial charge in [0.1, 0.15) is 5.75 Å². The number of Topliss-reactive ketones (excluding diaryl/α,β-unsaturated/α-hetero) is 1. The summed E-state index contributed by atoms with van der Waals surface area (Å²) in [6.45, 7) is 3.95. The van der Waals surface area contributed by atoms with Crippen molar-refractivity contribution < 1.29 is 24.3 Å². The molecule has 1 saturated heterocycles. The highest BCUT2D eigenvalue weighted by atomic mass is 16.3. The first kappa shape index (κ1) is 20.6. The molecule has 0 radical (unpaired) electrons. The average molecular weight is 431 g/mol. The number of amides is 2. The van der Waals surface area contributed by atoms with Gasteiger partial charge in [0.25, 0.3) is 0 Å². The molecule has 6 heteroatoms. The van der Waals surface area contributed by atoms with Crippen LogP contribution in [-0.4, -0.2) is 39.9 Å². The van der Waals surface area contributed by atoms with E-state index in [1.807, 2.05) is 13.0 Å². The number of fused-ring (bicyclic) bond motifs is 3. The molecule has 1 aliphatic heterocycles. The van der Waals surface area contributed by atoms with Gasteiger partial charge in [0.15, 0.2) is 11.6 Å². The first-order valence-electron chi connectivity index (χ1n) is 11.2. The molecule has 4 unspecified atom stereocenters. The Kier molecular flexibility index (Phi) is 4.77. The molecule has 164 valence electrons. The summed E-state index contributed by atoms with van der Waals surface area (Å²) in [5, 5.41) is 10.7. The van der Waals surface area contributed by atoms with Gasteiger partial charge in [-0.2, -0.15) is 0 Å². The van der Waals surface area contributed by atoms with Crippen LogP contribution < -0.4 is 0 Å². The van der Waals surface area contributed by atoms with E-state index in [9.17, 15) is 24.3 Å². The van der Waals surface area contributed by atoms with Gasteiger partial charge >= 0.3 is 0 Å². The lowest BCUT2D eigenvalue weighted by molar-refractivity contribution is -0.140. The summed E-state index contributed by atoms with van der Waals surface area (Å²) in [5.74, 6) is -2.62. The average Bonchev–Trinajstić information content (AvgIpc) is 3.02. The largest absolute Gasteiger partial charge is 0.508 e. The van der Waals surface area contributed by atoms with Gasteiger partial charge < -0.3 is 5.11 Å². The number of hydrogen-bond acceptors (Lipinski definition) is 5. The fourth-order valence-electron chi connectivity index (χ4n) is 5.98. The first-order valence-corrected chi connectivity index (χ1v) is 11.2. The van der Waals surface area contributed by atoms with Crippen LogP contribution in [0, 0.1) is 17.8 Å². The lowest BCUT2D eigenvalue weighted by atomic mass is 9.59. The van der Waals surface area contributed by atoms with Crippen LogP contribution in [0.3, 0.4) is 0 Å². The van der Waals surface area contributed by atoms with Crippen molar-refractivity contribution in [1.29, 1.82) is 0 Å². The molecule has 32 heavy (non-hydrogen) atoms. The standard InChI is InChI=1S/C26H25NO5/c1-3-10-27-25(31)16-9-8-14-17(22(16)26(27)32)12-18-23(20(29)11-13(2)24(18)30)21(14)15-6-4-5-7-19(15)28/h4-8,11,16-17,21-22,28H,3,9-10,12H2,1-2H3. The number of para-hydroxylation sites is 1. The molecule has 1 heterocycles. The Balaban J connectivity index is 1.69. The van der Waals surface area contributed by atoms with E-state index < -0.39 is 17.8 Å². The van der Waals surface area contributed by atoms with E-state index in [-0.39, 0.29) is 41.5 Å². The van der Waals surface area contributed by atoms with Crippen molar-refractivity contribution >= 4 is 23.4 Å². The minimum Gasteiger partial charge on any atom is -0.508 e. The van der Waals surface area contributed by atoms with E-state index in [1.54, 1.807) is 31.2 Å². The minimum atomic E-state index is -0.602. The number of nitrogens with zero attached hydrogens (tertiary/aromatic N) is 1. The van der Waals surface area contributed by atoms with Gasteiger partial charge in [0.05, 0.1) is 11.8 Å². The number of hydrogen-bond donors (Lipinski definition) is 1. The smallest absolute Gasteiger partial charge is 0.233 e. The fraction of sp³-hybridized carbons (Fsp3) is 0.385. The van der Waals surface area contributed by atoms with Gasteiger partial charge in [0, 0.05) is 34.7 Å². The molecular weight excluding hydrogens is 406 g/mol. The van der Waals surface area contributed by atoms with Crippen LogP contribution in [0.25, 0.3) is 0 Å². The highest BCUT2D eigenvalue weighted by Gasteiger charge is 2.56. The molecular formula is C26H25NO5. The Morgan fingerprint density at radius 3 is 2.53 bits per heavy atom. The molecule has 0 spiro atoms. The molecule has 0 aromatic heterocycles. The molecule has 1 N–H and O–H groups in total. The Labute approximate surface area is 186 Å². The van der Waals surface area contributed by atoms with Crippen LogP contribution in [0.4, 0.5) is 0 Å². The van der Waals surface area contributed by atoms with Gasteiger partial charge in [-0.05, 0) is 44.2 Å². The number of aromatic hydroxyl groups is 1. The molecule has 0 saturated carbocycles. The molecule has 2 amide bonds. The van der Waals surface area contributed by atoms with Crippen molar-refractivity contribution in [2.24, 2.45) is 17.8 Å². The van der Waals surface area contributed by atoms with Crippen LogP contribution in [-0.2, 0) is 19.2 Å². The molecule has 5 rings (SSSR count). The third-order valence-electron chi connectivity index (χ3n) is 7.35. The van der Waals surface area contributed by atoms with Crippen LogP contribution >= 0.6 is 0 Å². The lowest BCUT2D eigenvalue weighted by Crippen LogP contribution is -2.39. The van der Waals surface area contributed by atoms with Gasteiger partial charge in [-0.15, -0.1) is 0 Å². The zero-order valence-corrected chi connectivity index (χ0v) is 18.1. The number of phenolic OH excluding ortho intramolecular Hbond substituents is 1. The van der Waals surface area contributed by atoms with E-state index in [0.717, 1.165) is 5.57 Å². The summed E-state index contributed by atoms with van der Waals surface area (Å²) in [7, 11) is 0. The molecule has 1 aromatic rings. The maximum Gasteiger partial charge on any atom is 0.233 e. The maximum atomic E-state index is 13.3. The highest BCUT2D eigenvalue weighted by Crippen LogP contribution is 2.55. The van der Waals surface area contributed by atoms with E-state index >= 15 is 0 Å². The first-order chi connectivity index (χ1) is 15.3. The number of rotatable bonds is 3. The second kappa shape index (κ2) is 7.40. The van der Waals surface area contributed by atoms with Crippen molar-refractivity contribution in [3.8, 4) is 5.75 Å². The predicted molar refractivity (Wildman–Crippen MR) is 116 cm³/mol. The number of likely N-dealkylation sites (tertiary alicyclic amines) is 1. The Bertz CT molecular complexity index is 1170. The SMILES string of the molecule is CCCN1C(=O)C2CC=C3C(c4ccccc4O)C4=C(CC3C2C1=O)C(=O)C(C)=CC4=O. The number of carbonyl (C=O) groups is 4. The van der Waals surface area contributed by atoms with Crippen molar-refractivity contribution in [2.75, 3.05) is 6.54 Å². The second-order valence-corrected chi connectivity index (χ2v) is 9.12. The zero-order valence-electron chi connectivity index (χ0n) is 18.1. The van der Waals surface area contributed by atoms with Gasteiger partial charge in [-0.1, -0.05) is 36.8 Å². The Morgan fingerprint density at radius 2 is 1.81 bits per heavy atom. The normalized spacial score (nSPS) is 29.5. The number of benzene rings is 1. The Morgan fingerprint density at radius 1 is 1.06 bits per heavy atom. The van der Waals surface area contributed by atoms with Crippen LogP contribution in [0.1, 0.15) is 44.6 Å². The van der Waals surface area contributed by atoms with Crippen molar-refractivity contribution in [3.05, 3.63) is 64.3 Å². The van der Waals surface area contributed by atoms with Crippen molar-refractivity contribution in [2.45, 2.75) is 39.0 Å². The number of allylic oxidation sites excluding steroid dienone is 6. The Hall–Kier alpha value is -3.28. The van der Waals surface area contributed by atoms with E-state index in [4.69, 9.17) is 0 Å². The van der Waals surface area contributed by atoms with Gasteiger partial charge in [-0.25, -0.2) is 0 Å². The van der Waals surface area contributed by atoms with Gasteiger partial charge in [0.2, 0.25) is 11.8 Å². The van der Waals surface area contributed by atoms with Crippen LogP contribution in [0.2, 0.25) is 0 Å². The summed E-state index contributed by atoms with van der Waals surface area (Å²) in [5.41, 5.74) is 2.60. The zero-order chi connectivity index (χ0) is 22.7. The number of ketones is 2. The molecule has 4 aliphatic rings. The predicted octanol–water partition coefficient (Wildman–Crippen LogP) is 3.23. The van der Waals surface area contributed by atoms with Crippen molar-refractivity contribution in [1.82, 2.24) is 4.90 Å². The molecule has 1 aromatic carbocycles. The highest BCUT2D eigenvalue weighted by molar-refractivity contribution is 6.23. The minimum absolute atomic E-state index is 0.0426. The summed E-state index contributed by atoms with van der Waals surface area (Å²) < 4.78 is 0. The summed E-state index contributed by atoms with van der Waals surface area (Å²) in [6.07, 6.45) is 4.71. The molecule has 6 nitrogen and oxygen atoms in total. The molecule has 3 aliphatic carbocycles. The van der Waals surface area contributed by atoms with E-state index in [1.165, 1.54) is 11.0 Å². The summed E-state index contributed by atoms with van der Waals surface area (Å²) in [6, 6.07) is 6.82. The fourth-order valence-corrected chi connectivity index (χ4v) is 5.98. The third-order valence-corrected chi connectivity index (χ3v) is 7.35. The van der Waals surface area contributed by atoms with Crippen LogP contribution in [0.15, 0.2) is 58.7 Å². The molecule has 4 atom stereocenters. The quantitative estimate of drug-likeness (QED) is 0.451. The van der Waals surface area contributed by atoms with E-state index in [0.29, 0.717) is 41.7 Å². The number of phenols is 1. The molecule has 0 bridgehead atoms. The number of imide groups is 1. The van der Waals surface area contributed by atoms with Gasteiger partial charge in [-0.3, -0.25) is 24.1 Å². The topological polar surface area (TPSA) is 91.8 Å². The van der Waals surface area contributed by atoms with Crippen molar-refractivity contribution in [3.63, 3.8) is 0 Å². The summed E-state index contributed by atoms with van der Waals surface area (Å²) in [4.78, 5) is 53.9.